The third-order valence-electron chi connectivity index (χ3n) is 2.49. The smallest absolute Gasteiger partial charge is 0.199 e. The Hall–Kier alpha value is -2.51. The Kier molecular flexibility index (Phi) is 2.18. The average molecular weight is 230 g/mol. The fraction of sp³-hybridized carbons (Fsp3) is 0.222. The molecule has 0 spiro atoms. The highest BCUT2D eigenvalue weighted by atomic mass is 15.5. The summed E-state index contributed by atoms with van der Waals surface area (Å²) in [6.07, 6.45) is 6.89. The van der Waals surface area contributed by atoms with Gasteiger partial charge >= 0.3 is 0 Å². The van der Waals surface area contributed by atoms with Gasteiger partial charge in [-0.1, -0.05) is 0 Å². The third-order valence-corrected chi connectivity index (χ3v) is 2.49. The summed E-state index contributed by atoms with van der Waals surface area (Å²) >= 11 is 0. The van der Waals surface area contributed by atoms with Crippen molar-refractivity contribution in [1.82, 2.24) is 35.2 Å². The van der Waals surface area contributed by atoms with Crippen LogP contribution in [0.2, 0.25) is 0 Å². The molecule has 3 aromatic heterocycles. The number of hydrogen-bond donors (Lipinski definition) is 2. The van der Waals surface area contributed by atoms with Crippen LogP contribution in [0.1, 0.15) is 18.5 Å². The molecule has 0 bridgehead atoms. The minimum atomic E-state index is 0.0883. The first-order valence-corrected chi connectivity index (χ1v) is 5.12. The summed E-state index contributed by atoms with van der Waals surface area (Å²) in [6.45, 7) is 2.02. The number of nitrogens with one attached hydrogen (secondary N) is 2. The quantitative estimate of drug-likeness (QED) is 0.676. The summed E-state index contributed by atoms with van der Waals surface area (Å²) in [5.41, 5.74) is 1.66. The second-order valence-electron chi connectivity index (χ2n) is 3.64. The van der Waals surface area contributed by atoms with Crippen LogP contribution < -0.4 is 5.32 Å². The van der Waals surface area contributed by atoms with Gasteiger partial charge < -0.3 is 5.32 Å². The van der Waals surface area contributed by atoms with Crippen molar-refractivity contribution < 1.29 is 0 Å². The molecule has 0 radical (unpaired) electrons. The monoisotopic (exact) mass is 230 g/mol. The van der Waals surface area contributed by atoms with E-state index in [1.54, 1.807) is 23.1 Å². The summed E-state index contributed by atoms with van der Waals surface area (Å²) in [5.74, 6) is 0.737. The van der Waals surface area contributed by atoms with Gasteiger partial charge in [0.25, 0.3) is 0 Å². The standard InChI is InChI=1S/C9H10N8/c1-6(7-2-11-12-3-7)13-8-4-10-5-9-14-15-16-17(8)9/h2-6,13H,1H3,(H,11,12). The zero-order valence-corrected chi connectivity index (χ0v) is 9.07. The number of rotatable bonds is 3. The Morgan fingerprint density at radius 2 is 2.29 bits per heavy atom. The fourth-order valence-electron chi connectivity index (χ4n) is 1.58. The van der Waals surface area contributed by atoms with Crippen LogP contribution in [0.15, 0.2) is 24.8 Å². The van der Waals surface area contributed by atoms with Crippen LogP contribution in [0.3, 0.4) is 0 Å². The maximum absolute atomic E-state index is 4.07. The maximum atomic E-state index is 4.07. The molecule has 2 N–H and O–H groups in total. The maximum Gasteiger partial charge on any atom is 0.199 e. The first kappa shape index (κ1) is 9.70. The summed E-state index contributed by atoms with van der Waals surface area (Å²) in [4.78, 5) is 4.07. The highest BCUT2D eigenvalue weighted by Gasteiger charge is 2.09. The number of anilines is 1. The van der Waals surface area contributed by atoms with Crippen LogP contribution in [0.25, 0.3) is 5.65 Å². The van der Waals surface area contributed by atoms with E-state index in [4.69, 9.17) is 0 Å². The van der Waals surface area contributed by atoms with Gasteiger partial charge in [0.1, 0.15) is 0 Å². The van der Waals surface area contributed by atoms with Gasteiger partial charge in [0.05, 0.1) is 24.6 Å². The molecule has 8 heteroatoms. The molecule has 0 aliphatic carbocycles. The van der Waals surface area contributed by atoms with Gasteiger partial charge in [-0.2, -0.15) is 9.61 Å². The Morgan fingerprint density at radius 1 is 1.35 bits per heavy atom. The van der Waals surface area contributed by atoms with Gasteiger partial charge in [0.15, 0.2) is 11.5 Å². The molecule has 1 atom stereocenters. The lowest BCUT2D eigenvalue weighted by Crippen LogP contribution is -2.10. The van der Waals surface area contributed by atoms with Gasteiger partial charge in [0, 0.05) is 11.8 Å². The molecular formula is C9H10N8. The molecule has 0 aliphatic rings. The number of fused-ring (bicyclic) bond motifs is 1. The fourth-order valence-corrected chi connectivity index (χ4v) is 1.58. The van der Waals surface area contributed by atoms with Crippen molar-refractivity contribution in [3.63, 3.8) is 0 Å². The molecule has 0 saturated heterocycles. The summed E-state index contributed by atoms with van der Waals surface area (Å²) < 4.78 is 1.60. The van der Waals surface area contributed by atoms with E-state index in [1.807, 2.05) is 13.1 Å². The topological polar surface area (TPSA) is 96.7 Å². The predicted molar refractivity (Wildman–Crippen MR) is 59.2 cm³/mol. The zero-order valence-electron chi connectivity index (χ0n) is 9.07. The van der Waals surface area contributed by atoms with Crippen LogP contribution in [-0.2, 0) is 0 Å². The molecule has 0 amide bonds. The van der Waals surface area contributed by atoms with Crippen molar-refractivity contribution in [2.24, 2.45) is 0 Å². The molecule has 0 fully saturated rings. The SMILES string of the molecule is CC(Nc1cncc2nnnn12)c1cn[nH]c1. The Balaban J connectivity index is 1.92. The highest BCUT2D eigenvalue weighted by Crippen LogP contribution is 2.16. The molecule has 0 aromatic carbocycles. The van der Waals surface area contributed by atoms with E-state index in [9.17, 15) is 0 Å². The largest absolute Gasteiger partial charge is 0.362 e. The van der Waals surface area contributed by atoms with E-state index < -0.39 is 0 Å². The average Bonchev–Trinajstić information content (AvgIpc) is 3.00. The van der Waals surface area contributed by atoms with Gasteiger partial charge in [-0.15, -0.1) is 5.10 Å². The summed E-state index contributed by atoms with van der Waals surface area (Å²) in [5, 5.41) is 21.3. The molecule has 3 aromatic rings. The number of tetrazole rings is 1. The van der Waals surface area contributed by atoms with Crippen molar-refractivity contribution in [1.29, 1.82) is 0 Å². The molecule has 3 heterocycles. The molecule has 17 heavy (non-hydrogen) atoms. The lowest BCUT2D eigenvalue weighted by molar-refractivity contribution is 0.796. The second-order valence-corrected chi connectivity index (χ2v) is 3.64. The van der Waals surface area contributed by atoms with E-state index in [0.29, 0.717) is 5.65 Å². The van der Waals surface area contributed by atoms with E-state index in [1.165, 1.54) is 0 Å². The van der Waals surface area contributed by atoms with Gasteiger partial charge in [0.2, 0.25) is 0 Å². The number of H-pyrrole nitrogens is 1. The molecule has 86 valence electrons. The van der Waals surface area contributed by atoms with E-state index in [-0.39, 0.29) is 6.04 Å². The van der Waals surface area contributed by atoms with Gasteiger partial charge in [-0.05, 0) is 17.4 Å². The van der Waals surface area contributed by atoms with Crippen LogP contribution in [0, 0.1) is 0 Å². The van der Waals surface area contributed by atoms with E-state index in [2.05, 4.69) is 36.0 Å². The molecule has 1 unspecified atom stereocenters. The minimum absolute atomic E-state index is 0.0883. The van der Waals surface area contributed by atoms with E-state index in [0.717, 1.165) is 11.4 Å². The molecule has 0 saturated carbocycles. The second kappa shape index (κ2) is 3.81. The molecular weight excluding hydrogens is 220 g/mol. The first-order chi connectivity index (χ1) is 8.34. The number of hydrogen-bond acceptors (Lipinski definition) is 6. The normalized spacial score (nSPS) is 12.8. The van der Waals surface area contributed by atoms with Crippen LogP contribution in [0.5, 0.6) is 0 Å². The molecule has 3 rings (SSSR count). The van der Waals surface area contributed by atoms with Crippen LogP contribution in [0.4, 0.5) is 5.82 Å². The molecule has 0 aliphatic heterocycles. The van der Waals surface area contributed by atoms with Crippen molar-refractivity contribution in [3.8, 4) is 0 Å². The van der Waals surface area contributed by atoms with Crippen LogP contribution >= 0.6 is 0 Å². The number of nitrogens with zero attached hydrogens (tertiary/aromatic N) is 6. The van der Waals surface area contributed by atoms with Gasteiger partial charge in [-0.3, -0.25) is 10.1 Å². The lowest BCUT2D eigenvalue weighted by atomic mass is 10.2. The molecule has 8 nitrogen and oxygen atoms in total. The van der Waals surface area contributed by atoms with Crippen molar-refractivity contribution in [3.05, 3.63) is 30.4 Å². The van der Waals surface area contributed by atoms with Gasteiger partial charge in [-0.25, -0.2) is 0 Å². The lowest BCUT2D eigenvalue weighted by Gasteiger charge is -2.13. The Morgan fingerprint density at radius 3 is 3.12 bits per heavy atom. The highest BCUT2D eigenvalue weighted by molar-refractivity contribution is 5.44. The first-order valence-electron chi connectivity index (χ1n) is 5.12. The predicted octanol–water partition coefficient (Wildman–Crippen LogP) is 0.415. The third kappa shape index (κ3) is 1.69. The van der Waals surface area contributed by atoms with Crippen molar-refractivity contribution in [2.45, 2.75) is 13.0 Å². The Bertz CT molecular complexity index is 613. The zero-order chi connectivity index (χ0) is 11.7. The number of aromatic nitrogens is 7. The van der Waals surface area contributed by atoms with Crippen molar-refractivity contribution in [2.75, 3.05) is 5.32 Å². The van der Waals surface area contributed by atoms with Crippen molar-refractivity contribution >= 4 is 11.5 Å². The minimum Gasteiger partial charge on any atom is -0.362 e. The number of aromatic amines is 1. The Labute approximate surface area is 96.1 Å². The van der Waals surface area contributed by atoms with Crippen LogP contribution in [-0.4, -0.2) is 35.2 Å². The summed E-state index contributed by atoms with van der Waals surface area (Å²) in [7, 11) is 0. The summed E-state index contributed by atoms with van der Waals surface area (Å²) in [6, 6.07) is 0.0883. The van der Waals surface area contributed by atoms with E-state index >= 15 is 0 Å².